The SMILES string of the molecule is CC(C)c1noc2nc(C3CC3)cc(C(=O)Nc3ccc(-c4ncc5n4CCCC5)cc3)c12. The van der Waals surface area contributed by atoms with Gasteiger partial charge in [0.05, 0.1) is 16.6 Å². The summed E-state index contributed by atoms with van der Waals surface area (Å²) in [6, 6.07) is 9.85. The molecule has 0 saturated heterocycles. The Morgan fingerprint density at radius 3 is 2.76 bits per heavy atom. The van der Waals surface area contributed by atoms with Crippen LogP contribution in [-0.4, -0.2) is 25.6 Å². The second-order valence-corrected chi connectivity index (χ2v) is 9.48. The van der Waals surface area contributed by atoms with Crippen molar-refractivity contribution in [3.8, 4) is 11.4 Å². The highest BCUT2D eigenvalue weighted by Gasteiger charge is 2.29. The van der Waals surface area contributed by atoms with E-state index in [1.807, 2.05) is 50.4 Å². The molecule has 1 fully saturated rings. The van der Waals surface area contributed by atoms with E-state index in [9.17, 15) is 4.79 Å². The number of hydrogen-bond acceptors (Lipinski definition) is 5. The van der Waals surface area contributed by atoms with E-state index < -0.39 is 0 Å². The van der Waals surface area contributed by atoms with E-state index in [-0.39, 0.29) is 11.8 Å². The van der Waals surface area contributed by atoms with E-state index in [0.29, 0.717) is 22.6 Å². The van der Waals surface area contributed by atoms with Crippen molar-refractivity contribution in [3.05, 3.63) is 59.2 Å². The van der Waals surface area contributed by atoms with Gasteiger partial charge in [-0.1, -0.05) is 19.0 Å². The smallest absolute Gasteiger partial charge is 0.259 e. The third-order valence-corrected chi connectivity index (χ3v) is 6.68. The minimum Gasteiger partial charge on any atom is -0.335 e. The number of anilines is 1. The van der Waals surface area contributed by atoms with Gasteiger partial charge in [-0.15, -0.1) is 0 Å². The van der Waals surface area contributed by atoms with Crippen molar-refractivity contribution in [1.29, 1.82) is 0 Å². The molecule has 4 heterocycles. The van der Waals surface area contributed by atoms with Gasteiger partial charge in [-0.05, 0) is 68.4 Å². The molecule has 1 aromatic carbocycles. The summed E-state index contributed by atoms with van der Waals surface area (Å²) in [5.41, 5.74) is 5.82. The van der Waals surface area contributed by atoms with Gasteiger partial charge in [0.1, 0.15) is 5.82 Å². The first kappa shape index (κ1) is 20.1. The quantitative estimate of drug-likeness (QED) is 0.431. The summed E-state index contributed by atoms with van der Waals surface area (Å²) in [7, 11) is 0. The molecule has 168 valence electrons. The number of nitrogens with one attached hydrogen (secondary N) is 1. The number of carbonyl (C=O) groups excluding carboxylic acids is 1. The standard InChI is InChI=1S/C26H27N5O2/c1-15(2)23-22-20(13-21(16-6-7-16)29-26(22)33-30-23)25(32)28-18-10-8-17(9-11-18)24-27-14-19-5-3-4-12-31(19)24/h8-11,13-16H,3-7,12H2,1-2H3,(H,28,32). The number of fused-ring (bicyclic) bond motifs is 2. The summed E-state index contributed by atoms with van der Waals surface area (Å²) in [4.78, 5) is 22.7. The molecule has 2 aliphatic rings. The number of nitrogens with zero attached hydrogens (tertiary/aromatic N) is 4. The van der Waals surface area contributed by atoms with Crippen LogP contribution >= 0.6 is 0 Å². The number of amides is 1. The van der Waals surface area contributed by atoms with Crippen molar-refractivity contribution in [1.82, 2.24) is 19.7 Å². The third-order valence-electron chi connectivity index (χ3n) is 6.68. The lowest BCUT2D eigenvalue weighted by Crippen LogP contribution is -2.14. The molecule has 33 heavy (non-hydrogen) atoms. The van der Waals surface area contributed by atoms with E-state index in [4.69, 9.17) is 4.52 Å². The molecule has 7 nitrogen and oxygen atoms in total. The van der Waals surface area contributed by atoms with Crippen LogP contribution in [0.4, 0.5) is 5.69 Å². The van der Waals surface area contributed by atoms with Crippen molar-refractivity contribution >= 4 is 22.7 Å². The number of carbonyl (C=O) groups is 1. The summed E-state index contributed by atoms with van der Waals surface area (Å²) < 4.78 is 7.83. The molecule has 0 spiro atoms. The van der Waals surface area contributed by atoms with E-state index in [1.54, 1.807) is 0 Å². The molecule has 0 unspecified atom stereocenters. The molecule has 1 N–H and O–H groups in total. The molecule has 0 bridgehead atoms. The summed E-state index contributed by atoms with van der Waals surface area (Å²) >= 11 is 0. The maximum atomic E-state index is 13.4. The zero-order valence-electron chi connectivity index (χ0n) is 19.0. The Hall–Kier alpha value is -3.48. The zero-order valence-corrected chi connectivity index (χ0v) is 19.0. The summed E-state index contributed by atoms with van der Waals surface area (Å²) in [5.74, 6) is 1.37. The van der Waals surface area contributed by atoms with Crippen molar-refractivity contribution in [2.45, 2.75) is 64.3 Å². The molecule has 1 aliphatic carbocycles. The van der Waals surface area contributed by atoms with Crippen LogP contribution in [0.5, 0.6) is 0 Å². The van der Waals surface area contributed by atoms with Gasteiger partial charge in [0, 0.05) is 41.3 Å². The molecule has 1 aliphatic heterocycles. The first-order valence-corrected chi connectivity index (χ1v) is 11.8. The largest absolute Gasteiger partial charge is 0.335 e. The van der Waals surface area contributed by atoms with Crippen LogP contribution in [0.2, 0.25) is 0 Å². The molecule has 1 amide bonds. The topological polar surface area (TPSA) is 85.8 Å². The molecule has 7 heteroatoms. The average Bonchev–Trinajstić information content (AvgIpc) is 3.44. The van der Waals surface area contributed by atoms with Gasteiger partial charge in [-0.25, -0.2) is 9.97 Å². The summed E-state index contributed by atoms with van der Waals surface area (Å²) in [5, 5.41) is 7.99. The fourth-order valence-electron chi connectivity index (χ4n) is 4.72. The minimum absolute atomic E-state index is 0.131. The lowest BCUT2D eigenvalue weighted by atomic mass is 10.0. The number of pyridine rings is 1. The lowest BCUT2D eigenvalue weighted by Gasteiger charge is -2.16. The Bertz CT molecular complexity index is 1350. The highest BCUT2D eigenvalue weighted by Crippen LogP contribution is 2.41. The Balaban J connectivity index is 1.30. The number of hydrogen-bond donors (Lipinski definition) is 1. The van der Waals surface area contributed by atoms with Crippen molar-refractivity contribution < 1.29 is 9.32 Å². The molecule has 3 aromatic heterocycles. The second-order valence-electron chi connectivity index (χ2n) is 9.48. The highest BCUT2D eigenvalue weighted by atomic mass is 16.5. The number of aromatic nitrogens is 4. The number of rotatable bonds is 5. The molecular weight excluding hydrogens is 414 g/mol. The first-order valence-electron chi connectivity index (χ1n) is 11.8. The van der Waals surface area contributed by atoms with Crippen LogP contribution in [0, 0.1) is 0 Å². The number of aryl methyl sites for hydroxylation is 1. The monoisotopic (exact) mass is 441 g/mol. The number of imidazole rings is 1. The van der Waals surface area contributed by atoms with Crippen LogP contribution in [0.1, 0.15) is 78.8 Å². The molecule has 6 rings (SSSR count). The molecule has 0 radical (unpaired) electrons. The van der Waals surface area contributed by atoms with Crippen LogP contribution in [0.3, 0.4) is 0 Å². The average molecular weight is 442 g/mol. The lowest BCUT2D eigenvalue weighted by molar-refractivity contribution is 0.102. The van der Waals surface area contributed by atoms with Gasteiger partial charge in [0.15, 0.2) is 0 Å². The predicted octanol–water partition coefficient (Wildman–Crippen LogP) is 5.68. The number of benzene rings is 1. The van der Waals surface area contributed by atoms with Crippen LogP contribution in [-0.2, 0) is 13.0 Å². The summed E-state index contributed by atoms with van der Waals surface area (Å²) in [6.45, 7) is 5.10. The maximum Gasteiger partial charge on any atom is 0.259 e. The Morgan fingerprint density at radius 2 is 2.00 bits per heavy atom. The second kappa shape index (κ2) is 7.83. The van der Waals surface area contributed by atoms with E-state index >= 15 is 0 Å². The van der Waals surface area contributed by atoms with E-state index in [1.165, 1.54) is 18.5 Å². The van der Waals surface area contributed by atoms with Crippen LogP contribution < -0.4 is 5.32 Å². The van der Waals surface area contributed by atoms with Crippen molar-refractivity contribution in [2.24, 2.45) is 0 Å². The highest BCUT2D eigenvalue weighted by molar-refractivity contribution is 6.12. The van der Waals surface area contributed by atoms with Gasteiger partial charge >= 0.3 is 0 Å². The van der Waals surface area contributed by atoms with Crippen molar-refractivity contribution in [3.63, 3.8) is 0 Å². The van der Waals surface area contributed by atoms with E-state index in [2.05, 4.69) is 25.0 Å². The van der Waals surface area contributed by atoms with Crippen LogP contribution in [0.15, 0.2) is 41.1 Å². The van der Waals surface area contributed by atoms with E-state index in [0.717, 1.165) is 54.3 Å². The molecule has 1 saturated carbocycles. The van der Waals surface area contributed by atoms with Crippen LogP contribution in [0.25, 0.3) is 22.5 Å². The third kappa shape index (κ3) is 3.61. The summed E-state index contributed by atoms with van der Waals surface area (Å²) in [6.07, 6.45) is 7.70. The molecule has 4 aromatic rings. The van der Waals surface area contributed by atoms with Crippen molar-refractivity contribution in [2.75, 3.05) is 5.32 Å². The van der Waals surface area contributed by atoms with Gasteiger partial charge in [0.2, 0.25) is 0 Å². The normalized spacial score (nSPS) is 15.7. The molecule has 0 atom stereocenters. The zero-order chi connectivity index (χ0) is 22.5. The predicted molar refractivity (Wildman–Crippen MR) is 126 cm³/mol. The van der Waals surface area contributed by atoms with Gasteiger partial charge in [-0.2, -0.15) is 0 Å². The molecular formula is C26H27N5O2. The fourth-order valence-corrected chi connectivity index (χ4v) is 4.72. The Morgan fingerprint density at radius 1 is 1.18 bits per heavy atom. The maximum absolute atomic E-state index is 13.4. The minimum atomic E-state index is -0.166. The first-order chi connectivity index (χ1) is 16.1. The van der Waals surface area contributed by atoms with Gasteiger partial charge in [0.25, 0.3) is 11.6 Å². The fraction of sp³-hybridized carbons (Fsp3) is 0.385. The van der Waals surface area contributed by atoms with Gasteiger partial charge < -0.3 is 14.4 Å². The Labute approximate surface area is 192 Å². The Kier molecular flexibility index (Phi) is 4.78. The van der Waals surface area contributed by atoms with Gasteiger partial charge in [-0.3, -0.25) is 4.79 Å².